The van der Waals surface area contributed by atoms with E-state index in [0.717, 1.165) is 0 Å². The highest BCUT2D eigenvalue weighted by Crippen LogP contribution is 2.31. The maximum absolute atomic E-state index is 13.0. The van der Waals surface area contributed by atoms with Crippen LogP contribution in [0.5, 0.6) is 0 Å². The minimum atomic E-state index is -0.475. The lowest BCUT2D eigenvalue weighted by atomic mass is 9.95. The molecule has 1 amide bonds. The number of carbonyl (C=O) groups excluding carboxylic acids is 1. The molecule has 0 spiro atoms. The number of anilines is 2. The molecule has 0 unspecified atom stereocenters. The first kappa shape index (κ1) is 21.9. The molecule has 33 heavy (non-hydrogen) atoms. The molecule has 11 nitrogen and oxygen atoms in total. The van der Waals surface area contributed by atoms with Crippen LogP contribution in [0.3, 0.4) is 0 Å². The summed E-state index contributed by atoms with van der Waals surface area (Å²) in [5, 5.41) is 29.5. The number of aromatic nitrogens is 2. The van der Waals surface area contributed by atoms with Crippen LogP contribution in [0, 0.1) is 33.1 Å². The number of para-hydroxylation sites is 2. The number of piperidine rings is 1. The summed E-state index contributed by atoms with van der Waals surface area (Å²) in [4.78, 5) is 36.2. The fourth-order valence-electron chi connectivity index (χ4n) is 4.00. The second-order valence-corrected chi connectivity index (χ2v) is 7.85. The molecule has 4 rings (SSSR count). The summed E-state index contributed by atoms with van der Waals surface area (Å²) >= 11 is 0. The highest BCUT2D eigenvalue weighted by molar-refractivity contribution is 5.92. The Morgan fingerprint density at radius 1 is 1.03 bits per heavy atom. The number of nitrogens with zero attached hydrogens (tertiary/aromatic N) is 5. The third-order valence-electron chi connectivity index (χ3n) is 5.67. The number of carbonyl (C=O) groups is 1. The van der Waals surface area contributed by atoms with Crippen molar-refractivity contribution in [3.8, 4) is 5.69 Å². The van der Waals surface area contributed by atoms with Gasteiger partial charge in [0.05, 0.1) is 21.2 Å². The van der Waals surface area contributed by atoms with Gasteiger partial charge in [-0.05, 0) is 38.0 Å². The van der Waals surface area contributed by atoms with E-state index in [1.807, 2.05) is 4.90 Å². The van der Waals surface area contributed by atoms with Crippen molar-refractivity contribution in [2.45, 2.75) is 19.8 Å². The van der Waals surface area contributed by atoms with Gasteiger partial charge in [-0.15, -0.1) is 0 Å². The van der Waals surface area contributed by atoms with E-state index in [2.05, 4.69) is 10.4 Å². The average Bonchev–Trinajstić information content (AvgIpc) is 3.19. The molecule has 2 aromatic carbocycles. The van der Waals surface area contributed by atoms with Gasteiger partial charge >= 0.3 is 0 Å². The van der Waals surface area contributed by atoms with E-state index < -0.39 is 9.85 Å². The molecule has 0 radical (unpaired) electrons. The molecule has 1 aromatic heterocycles. The van der Waals surface area contributed by atoms with Crippen molar-refractivity contribution >= 4 is 28.8 Å². The zero-order chi connectivity index (χ0) is 23.5. The van der Waals surface area contributed by atoms with E-state index in [-0.39, 0.29) is 23.2 Å². The van der Waals surface area contributed by atoms with Gasteiger partial charge < -0.3 is 10.2 Å². The molecule has 0 saturated carbocycles. The number of non-ortho nitro benzene ring substituents is 1. The minimum Gasteiger partial charge on any atom is -0.366 e. The molecular weight excluding hydrogens is 428 g/mol. The van der Waals surface area contributed by atoms with Crippen LogP contribution in [0.25, 0.3) is 5.69 Å². The lowest BCUT2D eigenvalue weighted by Crippen LogP contribution is -2.38. The first-order chi connectivity index (χ1) is 15.8. The van der Waals surface area contributed by atoms with Gasteiger partial charge in [-0.2, -0.15) is 5.10 Å². The first-order valence-corrected chi connectivity index (χ1v) is 10.4. The number of nitro groups is 2. The summed E-state index contributed by atoms with van der Waals surface area (Å²) in [6.45, 7) is 2.86. The van der Waals surface area contributed by atoms with Crippen molar-refractivity contribution in [1.82, 2.24) is 9.78 Å². The predicted octanol–water partition coefficient (Wildman–Crippen LogP) is 3.85. The van der Waals surface area contributed by atoms with Crippen molar-refractivity contribution in [2.75, 3.05) is 23.3 Å². The Balaban J connectivity index is 1.44. The van der Waals surface area contributed by atoms with Gasteiger partial charge in [0.15, 0.2) is 0 Å². The molecule has 0 bridgehead atoms. The van der Waals surface area contributed by atoms with E-state index in [1.165, 1.54) is 18.2 Å². The van der Waals surface area contributed by atoms with Crippen LogP contribution in [0.4, 0.5) is 22.9 Å². The van der Waals surface area contributed by atoms with E-state index in [1.54, 1.807) is 48.0 Å². The lowest BCUT2D eigenvalue weighted by molar-refractivity contribution is -0.384. The Morgan fingerprint density at radius 2 is 1.70 bits per heavy atom. The third-order valence-corrected chi connectivity index (χ3v) is 5.67. The van der Waals surface area contributed by atoms with Gasteiger partial charge in [-0.1, -0.05) is 12.1 Å². The number of hydrogen-bond acceptors (Lipinski definition) is 7. The van der Waals surface area contributed by atoms with Crippen LogP contribution in [0.2, 0.25) is 0 Å². The summed E-state index contributed by atoms with van der Waals surface area (Å²) in [5.41, 5.74) is 1.87. The summed E-state index contributed by atoms with van der Waals surface area (Å²) in [5.74, 6) is 0.0808. The van der Waals surface area contributed by atoms with Gasteiger partial charge in [0.25, 0.3) is 11.4 Å². The smallest absolute Gasteiger partial charge is 0.292 e. The number of nitro benzene ring substituents is 2. The number of aryl methyl sites for hydroxylation is 1. The molecule has 1 aliphatic rings. The fraction of sp³-hybridized carbons (Fsp3) is 0.273. The highest BCUT2D eigenvalue weighted by Gasteiger charge is 2.28. The maximum atomic E-state index is 13.0. The Labute approximate surface area is 188 Å². The molecule has 1 saturated heterocycles. The van der Waals surface area contributed by atoms with Crippen LogP contribution in [0.1, 0.15) is 18.5 Å². The summed E-state index contributed by atoms with van der Waals surface area (Å²) in [7, 11) is 0. The van der Waals surface area contributed by atoms with Crippen LogP contribution < -0.4 is 10.2 Å². The summed E-state index contributed by atoms with van der Waals surface area (Å²) in [6, 6.07) is 14.3. The standard InChI is InChI=1S/C22H22N6O5/c1-15-14-21(26(24-15)17-6-8-18(9-7-17)27(30)31)23-22(29)16-10-12-25(13-11-16)19-4-2-3-5-20(19)28(32)33/h2-9,14,16H,10-13H2,1H3,(H,23,29). The lowest BCUT2D eigenvalue weighted by Gasteiger charge is -2.32. The average molecular weight is 450 g/mol. The SMILES string of the molecule is Cc1cc(NC(=O)C2CCN(c3ccccc3[N+](=O)[O-])CC2)n(-c2ccc([N+](=O)[O-])cc2)n1. The fourth-order valence-corrected chi connectivity index (χ4v) is 4.00. The Kier molecular flexibility index (Phi) is 6.03. The normalized spacial score (nSPS) is 14.2. The van der Waals surface area contributed by atoms with Crippen LogP contribution in [0.15, 0.2) is 54.6 Å². The van der Waals surface area contributed by atoms with Crippen LogP contribution in [-0.2, 0) is 4.79 Å². The van der Waals surface area contributed by atoms with Crippen molar-refractivity contribution < 1.29 is 14.6 Å². The van der Waals surface area contributed by atoms with Gasteiger partial charge in [0, 0.05) is 43.3 Å². The Morgan fingerprint density at radius 3 is 2.33 bits per heavy atom. The molecule has 11 heteroatoms. The molecular formula is C22H22N6O5. The quantitative estimate of drug-likeness (QED) is 0.445. The number of nitrogens with one attached hydrogen (secondary N) is 1. The van der Waals surface area contributed by atoms with Crippen molar-refractivity contribution in [3.05, 3.63) is 80.5 Å². The number of rotatable bonds is 6. The molecule has 0 atom stereocenters. The zero-order valence-corrected chi connectivity index (χ0v) is 17.9. The largest absolute Gasteiger partial charge is 0.366 e. The van der Waals surface area contributed by atoms with Gasteiger partial charge in [-0.3, -0.25) is 25.0 Å². The molecule has 2 heterocycles. The second kappa shape index (κ2) is 9.07. The van der Waals surface area contributed by atoms with Crippen molar-refractivity contribution in [3.63, 3.8) is 0 Å². The predicted molar refractivity (Wildman–Crippen MR) is 122 cm³/mol. The van der Waals surface area contributed by atoms with Gasteiger partial charge in [0.2, 0.25) is 5.91 Å². The topological polar surface area (TPSA) is 136 Å². The van der Waals surface area contributed by atoms with Gasteiger partial charge in [-0.25, -0.2) is 4.68 Å². The molecule has 1 aliphatic heterocycles. The second-order valence-electron chi connectivity index (χ2n) is 7.85. The highest BCUT2D eigenvalue weighted by atomic mass is 16.6. The summed E-state index contributed by atoms with van der Waals surface area (Å²) < 4.78 is 1.54. The van der Waals surface area contributed by atoms with E-state index in [4.69, 9.17) is 0 Å². The number of benzene rings is 2. The van der Waals surface area contributed by atoms with Crippen molar-refractivity contribution in [2.24, 2.45) is 5.92 Å². The van der Waals surface area contributed by atoms with Crippen LogP contribution >= 0.6 is 0 Å². The minimum absolute atomic E-state index is 0.0290. The molecule has 170 valence electrons. The molecule has 0 aliphatic carbocycles. The van der Waals surface area contributed by atoms with Crippen LogP contribution in [-0.4, -0.2) is 38.6 Å². The number of hydrogen-bond donors (Lipinski definition) is 1. The first-order valence-electron chi connectivity index (χ1n) is 10.4. The van der Waals surface area contributed by atoms with Crippen molar-refractivity contribution in [1.29, 1.82) is 0 Å². The Bertz CT molecular complexity index is 1200. The van der Waals surface area contributed by atoms with E-state index in [9.17, 15) is 25.0 Å². The molecule has 1 fully saturated rings. The maximum Gasteiger partial charge on any atom is 0.292 e. The third kappa shape index (κ3) is 4.66. The zero-order valence-electron chi connectivity index (χ0n) is 17.9. The summed E-state index contributed by atoms with van der Waals surface area (Å²) in [6.07, 6.45) is 1.12. The van der Waals surface area contributed by atoms with Gasteiger partial charge in [0.1, 0.15) is 11.5 Å². The molecule has 1 N–H and O–H groups in total. The van der Waals surface area contributed by atoms with E-state index in [0.29, 0.717) is 48.8 Å². The Hall–Kier alpha value is -4.28. The number of amides is 1. The monoisotopic (exact) mass is 450 g/mol. The molecule has 3 aromatic rings. The van der Waals surface area contributed by atoms with E-state index >= 15 is 0 Å².